The first-order valence-electron chi connectivity index (χ1n) is 9.66. The van der Waals surface area contributed by atoms with Gasteiger partial charge in [-0.15, -0.1) is 0 Å². The molecule has 2 aromatic carbocycles. The molecule has 0 spiro atoms. The average Bonchev–Trinajstić information content (AvgIpc) is 2.72. The fourth-order valence-electron chi connectivity index (χ4n) is 3.25. The summed E-state index contributed by atoms with van der Waals surface area (Å²) in [5.41, 5.74) is 2.42. The van der Waals surface area contributed by atoms with Gasteiger partial charge in [-0.1, -0.05) is 53.1 Å². The Kier molecular flexibility index (Phi) is 6.98. The second kappa shape index (κ2) is 9.46. The van der Waals surface area contributed by atoms with Gasteiger partial charge >= 0.3 is 0 Å². The Balaban J connectivity index is 1.85. The van der Waals surface area contributed by atoms with E-state index >= 15 is 0 Å². The number of allylic oxidation sites excluding steroid dienone is 1. The molecule has 1 aliphatic rings. The van der Waals surface area contributed by atoms with Gasteiger partial charge in [-0.2, -0.15) is 0 Å². The van der Waals surface area contributed by atoms with E-state index in [1.807, 2.05) is 6.92 Å². The van der Waals surface area contributed by atoms with Crippen molar-refractivity contribution < 1.29 is 13.2 Å². The number of hydrogen-bond donors (Lipinski definition) is 1. The van der Waals surface area contributed by atoms with Crippen molar-refractivity contribution in [1.29, 1.82) is 0 Å². The van der Waals surface area contributed by atoms with Gasteiger partial charge < -0.3 is 5.32 Å². The second-order valence-corrected chi connectivity index (χ2v) is 9.43. The van der Waals surface area contributed by atoms with Crippen LogP contribution >= 0.6 is 11.6 Å². The highest BCUT2D eigenvalue weighted by atomic mass is 35.5. The number of halogens is 1. The first-order valence-corrected chi connectivity index (χ1v) is 11.5. The highest BCUT2D eigenvalue weighted by Crippen LogP contribution is 2.30. The van der Waals surface area contributed by atoms with E-state index in [0.717, 1.165) is 29.1 Å². The van der Waals surface area contributed by atoms with Gasteiger partial charge in [-0.05, 0) is 56.9 Å². The maximum atomic E-state index is 13.3. The normalized spacial score (nSPS) is 14.2. The Hall–Kier alpha value is -2.31. The molecule has 0 unspecified atom stereocenters. The molecule has 3 rings (SSSR count). The van der Waals surface area contributed by atoms with Gasteiger partial charge in [-0.3, -0.25) is 9.10 Å². The molecule has 1 N–H and O–H groups in total. The van der Waals surface area contributed by atoms with Crippen LogP contribution in [-0.4, -0.2) is 27.4 Å². The van der Waals surface area contributed by atoms with Crippen molar-refractivity contribution in [3.05, 3.63) is 70.8 Å². The summed E-state index contributed by atoms with van der Waals surface area (Å²) >= 11 is 6.27. The molecule has 0 saturated heterocycles. The van der Waals surface area contributed by atoms with Gasteiger partial charge in [-0.25, -0.2) is 8.42 Å². The summed E-state index contributed by atoms with van der Waals surface area (Å²) < 4.78 is 27.7. The predicted molar refractivity (Wildman–Crippen MR) is 117 cm³/mol. The first kappa shape index (κ1) is 21.4. The van der Waals surface area contributed by atoms with E-state index in [4.69, 9.17) is 11.6 Å². The Morgan fingerprint density at radius 3 is 2.48 bits per heavy atom. The van der Waals surface area contributed by atoms with E-state index in [-0.39, 0.29) is 28.1 Å². The van der Waals surface area contributed by atoms with Gasteiger partial charge in [0.2, 0.25) is 5.91 Å². The number of hydrogen-bond acceptors (Lipinski definition) is 3. The maximum absolute atomic E-state index is 13.3. The summed E-state index contributed by atoms with van der Waals surface area (Å²) in [7, 11) is -3.96. The van der Waals surface area contributed by atoms with Crippen LogP contribution in [0.4, 0.5) is 5.69 Å². The zero-order valence-electron chi connectivity index (χ0n) is 16.4. The van der Waals surface area contributed by atoms with E-state index < -0.39 is 10.0 Å². The highest BCUT2D eigenvalue weighted by molar-refractivity contribution is 7.92. The standard InChI is InChI=1S/C22H25ClN2O3S/c1-17-11-13-19(14-12-17)29(27,28)25(21-10-6-5-9-20(21)23)16-22(26)24-15-18-7-3-2-4-8-18/h5-7,9-14H,2-4,8,15-16H2,1H3,(H,24,26). The van der Waals surface area contributed by atoms with Crippen molar-refractivity contribution in [2.24, 2.45) is 0 Å². The SMILES string of the molecule is Cc1ccc(S(=O)(=O)N(CC(=O)NCC2=CCCCC2)c2ccccc2Cl)cc1. The largest absolute Gasteiger partial charge is 0.351 e. The van der Waals surface area contributed by atoms with Crippen LogP contribution in [0.1, 0.15) is 31.2 Å². The fourth-order valence-corrected chi connectivity index (χ4v) is 4.98. The van der Waals surface area contributed by atoms with Crippen molar-refractivity contribution in [2.75, 3.05) is 17.4 Å². The number of anilines is 1. The zero-order chi connectivity index (χ0) is 20.9. The highest BCUT2D eigenvalue weighted by Gasteiger charge is 2.28. The number of carbonyl (C=O) groups excluding carboxylic acids is 1. The molecule has 154 valence electrons. The number of nitrogens with one attached hydrogen (secondary N) is 1. The van der Waals surface area contributed by atoms with E-state index in [2.05, 4.69) is 11.4 Å². The molecule has 1 aliphatic carbocycles. The third-order valence-corrected chi connectivity index (χ3v) is 7.01. The number of carbonyl (C=O) groups is 1. The minimum absolute atomic E-state index is 0.116. The van der Waals surface area contributed by atoms with Crippen molar-refractivity contribution in [3.8, 4) is 0 Å². The van der Waals surface area contributed by atoms with Crippen LogP contribution < -0.4 is 9.62 Å². The van der Waals surface area contributed by atoms with Crippen molar-refractivity contribution in [1.82, 2.24) is 5.32 Å². The van der Waals surface area contributed by atoms with Gasteiger partial charge in [0, 0.05) is 6.54 Å². The monoisotopic (exact) mass is 432 g/mol. The van der Waals surface area contributed by atoms with Gasteiger partial charge in [0.05, 0.1) is 15.6 Å². The zero-order valence-corrected chi connectivity index (χ0v) is 18.0. The maximum Gasteiger partial charge on any atom is 0.264 e. The topological polar surface area (TPSA) is 66.5 Å². The number of aryl methyl sites for hydroxylation is 1. The molecule has 1 amide bonds. The lowest BCUT2D eigenvalue weighted by atomic mass is 10.00. The average molecular weight is 433 g/mol. The van der Waals surface area contributed by atoms with Crippen LogP contribution in [-0.2, 0) is 14.8 Å². The number of para-hydroxylation sites is 1. The summed E-state index contributed by atoms with van der Waals surface area (Å²) in [6.07, 6.45) is 6.44. The van der Waals surface area contributed by atoms with Gasteiger partial charge in [0.15, 0.2) is 0 Å². The molecule has 0 atom stereocenters. The van der Waals surface area contributed by atoms with Crippen LogP contribution in [0.5, 0.6) is 0 Å². The summed E-state index contributed by atoms with van der Waals surface area (Å²) in [6.45, 7) is 1.99. The van der Waals surface area contributed by atoms with Gasteiger partial charge in [0.25, 0.3) is 10.0 Å². The first-order chi connectivity index (χ1) is 13.9. The molecular weight excluding hydrogens is 408 g/mol. The third kappa shape index (κ3) is 5.40. The van der Waals surface area contributed by atoms with E-state index in [0.29, 0.717) is 6.54 Å². The minimum Gasteiger partial charge on any atom is -0.351 e. The van der Waals surface area contributed by atoms with Crippen molar-refractivity contribution in [3.63, 3.8) is 0 Å². The predicted octanol–water partition coefficient (Wildman–Crippen LogP) is 4.46. The smallest absolute Gasteiger partial charge is 0.264 e. The fraction of sp³-hybridized carbons (Fsp3) is 0.318. The Morgan fingerprint density at radius 1 is 1.10 bits per heavy atom. The number of benzene rings is 2. The van der Waals surface area contributed by atoms with Crippen molar-refractivity contribution >= 4 is 33.2 Å². The molecule has 0 bridgehead atoms. The molecule has 0 fully saturated rings. The summed E-state index contributed by atoms with van der Waals surface area (Å²) in [5, 5.41) is 3.12. The minimum atomic E-state index is -3.96. The summed E-state index contributed by atoms with van der Waals surface area (Å²) in [6, 6.07) is 13.2. The number of rotatable bonds is 7. The third-order valence-electron chi connectivity index (χ3n) is 4.91. The lowest BCUT2D eigenvalue weighted by Crippen LogP contribution is -2.41. The molecule has 29 heavy (non-hydrogen) atoms. The molecule has 5 nitrogen and oxygen atoms in total. The molecule has 7 heteroatoms. The van der Waals surface area contributed by atoms with E-state index in [1.54, 1.807) is 48.5 Å². The quantitative estimate of drug-likeness (QED) is 0.657. The van der Waals surface area contributed by atoms with E-state index in [9.17, 15) is 13.2 Å². The summed E-state index contributed by atoms with van der Waals surface area (Å²) in [5.74, 6) is -0.368. The van der Waals surface area contributed by atoms with Crippen molar-refractivity contribution in [2.45, 2.75) is 37.5 Å². The Bertz CT molecular complexity index is 1000. The molecule has 0 aliphatic heterocycles. The lowest BCUT2D eigenvalue weighted by Gasteiger charge is -2.25. The molecule has 2 aromatic rings. The van der Waals surface area contributed by atoms with Crippen LogP contribution in [0.2, 0.25) is 5.02 Å². The molecule has 0 radical (unpaired) electrons. The van der Waals surface area contributed by atoms with Crippen LogP contribution in [0.25, 0.3) is 0 Å². The van der Waals surface area contributed by atoms with Gasteiger partial charge in [0.1, 0.15) is 6.54 Å². The molecular formula is C22H25ClN2O3S. The van der Waals surface area contributed by atoms with Crippen LogP contribution in [0.15, 0.2) is 65.1 Å². The summed E-state index contributed by atoms with van der Waals surface area (Å²) in [4.78, 5) is 12.7. The number of amides is 1. The lowest BCUT2D eigenvalue weighted by molar-refractivity contribution is -0.119. The molecule has 0 aromatic heterocycles. The Labute approximate surface area is 177 Å². The molecule has 0 saturated carbocycles. The molecule has 0 heterocycles. The number of nitrogens with zero attached hydrogens (tertiary/aromatic N) is 1. The Morgan fingerprint density at radius 2 is 1.83 bits per heavy atom. The van der Waals surface area contributed by atoms with E-state index in [1.165, 1.54) is 12.0 Å². The second-order valence-electron chi connectivity index (χ2n) is 7.16. The number of sulfonamides is 1. The van der Waals surface area contributed by atoms with Crippen LogP contribution in [0.3, 0.4) is 0 Å². The van der Waals surface area contributed by atoms with Crippen LogP contribution in [0, 0.1) is 6.92 Å².